The number of aliphatic hydroxyl groups is 1. The predicted molar refractivity (Wildman–Crippen MR) is 70.6 cm³/mol. The van der Waals surface area contributed by atoms with Crippen LogP contribution in [0, 0.1) is 0 Å². The number of Topliss-reactive ketones (excluding diaryl/α,β-unsaturated/α-hetero) is 2. The lowest BCUT2D eigenvalue weighted by molar-refractivity contribution is -0.113. The fraction of sp³-hybridized carbons (Fsp3) is 0.214. The van der Waals surface area contributed by atoms with E-state index in [-0.39, 0.29) is 22.9 Å². The molecule has 18 heavy (non-hydrogen) atoms. The van der Waals surface area contributed by atoms with Crippen molar-refractivity contribution in [2.24, 2.45) is 4.99 Å². The second-order valence-electron chi connectivity index (χ2n) is 3.92. The molecule has 0 aliphatic carbocycles. The minimum absolute atomic E-state index is 0.0129. The van der Waals surface area contributed by atoms with Gasteiger partial charge in [0, 0.05) is 11.8 Å². The number of aliphatic hydroxyl groups excluding tert-OH is 1. The van der Waals surface area contributed by atoms with Crippen LogP contribution < -0.4 is 0 Å². The zero-order chi connectivity index (χ0) is 13.7. The molecule has 0 radical (unpaired) electrons. The first kappa shape index (κ1) is 13.8. The SMILES string of the molecule is CC(=O)/C(C=Nc1ccc(C(C)=O)cc1)=C(\C)O. The zero-order valence-corrected chi connectivity index (χ0v) is 10.6. The van der Waals surface area contributed by atoms with E-state index in [4.69, 9.17) is 0 Å². The van der Waals surface area contributed by atoms with Gasteiger partial charge in [0.05, 0.1) is 11.3 Å². The van der Waals surface area contributed by atoms with Gasteiger partial charge in [-0.1, -0.05) is 0 Å². The summed E-state index contributed by atoms with van der Waals surface area (Å²) in [6.07, 6.45) is 1.32. The van der Waals surface area contributed by atoms with Crippen molar-refractivity contribution in [3.8, 4) is 0 Å². The van der Waals surface area contributed by atoms with Gasteiger partial charge >= 0.3 is 0 Å². The lowest BCUT2D eigenvalue weighted by Gasteiger charge is -1.99. The molecule has 4 nitrogen and oxygen atoms in total. The van der Waals surface area contributed by atoms with E-state index in [2.05, 4.69) is 4.99 Å². The molecule has 0 saturated carbocycles. The summed E-state index contributed by atoms with van der Waals surface area (Å²) in [5.41, 5.74) is 1.39. The van der Waals surface area contributed by atoms with Crippen LogP contribution in [-0.2, 0) is 4.79 Å². The van der Waals surface area contributed by atoms with Crippen molar-refractivity contribution in [2.45, 2.75) is 20.8 Å². The number of carbonyl (C=O) groups is 2. The molecule has 0 heterocycles. The number of ketones is 2. The Labute approximate surface area is 106 Å². The van der Waals surface area contributed by atoms with Crippen LogP contribution in [0.25, 0.3) is 0 Å². The van der Waals surface area contributed by atoms with Crippen molar-refractivity contribution in [3.05, 3.63) is 41.2 Å². The van der Waals surface area contributed by atoms with Crippen molar-refractivity contribution >= 4 is 23.5 Å². The molecular formula is C14H15NO3. The van der Waals surface area contributed by atoms with Gasteiger partial charge in [0.25, 0.3) is 0 Å². The smallest absolute Gasteiger partial charge is 0.164 e. The largest absolute Gasteiger partial charge is 0.512 e. The second kappa shape index (κ2) is 5.91. The standard InChI is InChI=1S/C14H15NO3/c1-9(16)12-4-6-13(7-5-12)15-8-14(10(2)17)11(3)18/h4-8,17H,1-3H3/b14-10+,15-8?. The number of aliphatic imine (C=N–C) groups is 1. The Morgan fingerprint density at radius 1 is 1.11 bits per heavy atom. The third-order valence-corrected chi connectivity index (χ3v) is 2.39. The average molecular weight is 245 g/mol. The monoisotopic (exact) mass is 245 g/mol. The molecule has 0 unspecified atom stereocenters. The average Bonchev–Trinajstić information content (AvgIpc) is 2.28. The molecule has 0 aliphatic heterocycles. The Morgan fingerprint density at radius 2 is 1.67 bits per heavy atom. The molecule has 0 atom stereocenters. The molecule has 0 amide bonds. The molecule has 1 rings (SSSR count). The third kappa shape index (κ3) is 3.66. The number of hydrogen-bond donors (Lipinski definition) is 1. The molecule has 94 valence electrons. The van der Waals surface area contributed by atoms with Crippen molar-refractivity contribution in [1.82, 2.24) is 0 Å². The van der Waals surface area contributed by atoms with Crippen LogP contribution in [0.15, 0.2) is 40.6 Å². The van der Waals surface area contributed by atoms with E-state index in [1.165, 1.54) is 27.0 Å². The van der Waals surface area contributed by atoms with Crippen LogP contribution in [0.3, 0.4) is 0 Å². The van der Waals surface area contributed by atoms with E-state index >= 15 is 0 Å². The van der Waals surface area contributed by atoms with Gasteiger partial charge in [0.15, 0.2) is 11.6 Å². The summed E-state index contributed by atoms with van der Waals surface area (Å²) in [5, 5.41) is 9.30. The summed E-state index contributed by atoms with van der Waals surface area (Å²) < 4.78 is 0. The first-order valence-corrected chi connectivity index (χ1v) is 5.47. The van der Waals surface area contributed by atoms with Gasteiger partial charge in [0.2, 0.25) is 0 Å². The van der Waals surface area contributed by atoms with E-state index < -0.39 is 0 Å². The Morgan fingerprint density at radius 3 is 2.06 bits per heavy atom. The Kier molecular flexibility index (Phi) is 4.54. The molecule has 0 aromatic heterocycles. The maximum absolute atomic E-state index is 11.2. The summed E-state index contributed by atoms with van der Waals surface area (Å²) >= 11 is 0. The number of nitrogens with zero attached hydrogens (tertiary/aromatic N) is 1. The number of benzene rings is 1. The van der Waals surface area contributed by atoms with Gasteiger partial charge < -0.3 is 5.11 Å². The van der Waals surface area contributed by atoms with E-state index in [9.17, 15) is 14.7 Å². The molecule has 1 aromatic rings. The van der Waals surface area contributed by atoms with Crippen LogP contribution in [0.5, 0.6) is 0 Å². The fourth-order valence-electron chi connectivity index (χ4n) is 1.36. The second-order valence-corrected chi connectivity index (χ2v) is 3.92. The highest BCUT2D eigenvalue weighted by atomic mass is 16.3. The zero-order valence-electron chi connectivity index (χ0n) is 10.6. The van der Waals surface area contributed by atoms with Crippen LogP contribution in [0.4, 0.5) is 5.69 Å². The number of carbonyl (C=O) groups excluding carboxylic acids is 2. The quantitative estimate of drug-likeness (QED) is 0.384. The minimum atomic E-state index is -0.251. The lowest BCUT2D eigenvalue weighted by atomic mass is 10.1. The number of hydrogen-bond acceptors (Lipinski definition) is 4. The van der Waals surface area contributed by atoms with E-state index in [0.29, 0.717) is 11.3 Å². The van der Waals surface area contributed by atoms with Crippen molar-refractivity contribution in [2.75, 3.05) is 0 Å². The summed E-state index contributed by atoms with van der Waals surface area (Å²) in [5.74, 6) is -0.327. The van der Waals surface area contributed by atoms with Crippen molar-refractivity contribution in [1.29, 1.82) is 0 Å². The van der Waals surface area contributed by atoms with Crippen LogP contribution in [0.1, 0.15) is 31.1 Å². The molecule has 1 aromatic carbocycles. The number of rotatable bonds is 4. The molecular weight excluding hydrogens is 230 g/mol. The summed E-state index contributed by atoms with van der Waals surface area (Å²) in [7, 11) is 0. The van der Waals surface area contributed by atoms with Crippen LogP contribution >= 0.6 is 0 Å². The summed E-state index contributed by atoms with van der Waals surface area (Å²) in [6.45, 7) is 4.28. The molecule has 0 spiro atoms. The molecule has 0 fully saturated rings. The van der Waals surface area contributed by atoms with Gasteiger partial charge in [-0.05, 0) is 45.0 Å². The first-order chi connectivity index (χ1) is 8.41. The molecule has 4 heteroatoms. The minimum Gasteiger partial charge on any atom is -0.512 e. The van der Waals surface area contributed by atoms with E-state index in [1.807, 2.05) is 0 Å². The van der Waals surface area contributed by atoms with Gasteiger partial charge in [-0.2, -0.15) is 0 Å². The fourth-order valence-corrected chi connectivity index (χ4v) is 1.36. The highest BCUT2D eigenvalue weighted by molar-refractivity contribution is 6.12. The summed E-state index contributed by atoms with van der Waals surface area (Å²) in [6, 6.07) is 6.69. The Hall–Kier alpha value is -2.23. The maximum Gasteiger partial charge on any atom is 0.164 e. The molecule has 1 N–H and O–H groups in total. The van der Waals surface area contributed by atoms with Crippen molar-refractivity contribution < 1.29 is 14.7 Å². The van der Waals surface area contributed by atoms with E-state index in [0.717, 1.165) is 0 Å². The van der Waals surface area contributed by atoms with Crippen LogP contribution in [-0.4, -0.2) is 22.9 Å². The van der Waals surface area contributed by atoms with Gasteiger partial charge in [-0.15, -0.1) is 0 Å². The lowest BCUT2D eigenvalue weighted by Crippen LogP contribution is -2.01. The first-order valence-electron chi connectivity index (χ1n) is 5.47. The third-order valence-electron chi connectivity index (χ3n) is 2.39. The van der Waals surface area contributed by atoms with Gasteiger partial charge in [-0.3, -0.25) is 14.6 Å². The van der Waals surface area contributed by atoms with Crippen LogP contribution in [0.2, 0.25) is 0 Å². The highest BCUT2D eigenvalue weighted by Crippen LogP contribution is 2.14. The topological polar surface area (TPSA) is 66.7 Å². The molecule has 0 bridgehead atoms. The molecule has 0 aliphatic rings. The van der Waals surface area contributed by atoms with Crippen molar-refractivity contribution in [3.63, 3.8) is 0 Å². The van der Waals surface area contributed by atoms with Gasteiger partial charge in [0.1, 0.15) is 5.76 Å². The van der Waals surface area contributed by atoms with E-state index in [1.54, 1.807) is 24.3 Å². The maximum atomic E-state index is 11.2. The Balaban J connectivity index is 2.94. The number of allylic oxidation sites excluding steroid dienone is 2. The normalized spacial score (nSPS) is 12.4. The summed E-state index contributed by atoms with van der Waals surface area (Å²) in [4.78, 5) is 26.3. The highest BCUT2D eigenvalue weighted by Gasteiger charge is 2.04. The molecule has 0 saturated heterocycles. The predicted octanol–water partition coefficient (Wildman–Crippen LogP) is 3.01. The van der Waals surface area contributed by atoms with Gasteiger partial charge in [-0.25, -0.2) is 0 Å². The Bertz CT molecular complexity index is 520.